The Balaban J connectivity index is 2.58. The summed E-state index contributed by atoms with van der Waals surface area (Å²) in [5.41, 5.74) is -1.22. The predicted molar refractivity (Wildman–Crippen MR) is 83.5 cm³/mol. The SMILES string of the molecule is CCOC(=O)C1(C(=O)OCC)[C@H](c2ccccc2)[C@@H]1S(C)(=O)=O. The van der Waals surface area contributed by atoms with E-state index in [0.717, 1.165) is 6.26 Å². The number of hydrogen-bond donors (Lipinski definition) is 0. The van der Waals surface area contributed by atoms with Gasteiger partial charge in [0.1, 0.15) is 0 Å². The number of rotatable bonds is 6. The Bertz CT molecular complexity index is 677. The quantitative estimate of drug-likeness (QED) is 0.573. The zero-order valence-corrected chi connectivity index (χ0v) is 14.1. The molecule has 0 bridgehead atoms. The second-order valence-corrected chi connectivity index (χ2v) is 7.62. The Morgan fingerprint density at radius 3 is 1.91 bits per heavy atom. The fraction of sp³-hybridized carbons (Fsp3) is 0.500. The smallest absolute Gasteiger partial charge is 0.325 e. The second kappa shape index (κ2) is 6.31. The number of esters is 2. The van der Waals surface area contributed by atoms with E-state index >= 15 is 0 Å². The van der Waals surface area contributed by atoms with Crippen LogP contribution in [0.25, 0.3) is 0 Å². The highest BCUT2D eigenvalue weighted by Gasteiger charge is 2.80. The lowest BCUT2D eigenvalue weighted by atomic mass is 9.99. The maximum Gasteiger partial charge on any atom is 0.325 e. The first-order valence-electron chi connectivity index (χ1n) is 7.40. The lowest BCUT2D eigenvalue weighted by molar-refractivity contribution is -0.164. The van der Waals surface area contributed by atoms with Crippen LogP contribution in [0.2, 0.25) is 0 Å². The molecule has 2 atom stereocenters. The number of ether oxygens (including phenoxy) is 2. The zero-order valence-electron chi connectivity index (χ0n) is 13.3. The van der Waals surface area contributed by atoms with Gasteiger partial charge in [-0.1, -0.05) is 30.3 Å². The summed E-state index contributed by atoms with van der Waals surface area (Å²) in [6.45, 7) is 3.31. The molecular weight excluding hydrogens is 320 g/mol. The first-order valence-corrected chi connectivity index (χ1v) is 9.35. The number of carbonyl (C=O) groups is 2. The van der Waals surface area contributed by atoms with Crippen molar-refractivity contribution in [3.8, 4) is 0 Å². The molecule has 0 N–H and O–H groups in total. The van der Waals surface area contributed by atoms with Crippen molar-refractivity contribution in [2.75, 3.05) is 19.5 Å². The third-order valence-electron chi connectivity index (χ3n) is 3.98. The standard InChI is InChI=1S/C16H20O6S/c1-4-21-14(17)16(15(18)22-5-2)12(13(16)23(3,19)20)11-9-7-6-8-10-11/h6-10,12-13H,4-5H2,1-3H3/t12-,13+/m1/s1. The van der Waals surface area contributed by atoms with Gasteiger partial charge in [0.25, 0.3) is 0 Å². The topological polar surface area (TPSA) is 86.7 Å². The van der Waals surface area contributed by atoms with Crippen molar-refractivity contribution in [3.63, 3.8) is 0 Å². The van der Waals surface area contributed by atoms with Gasteiger partial charge in [-0.25, -0.2) is 8.42 Å². The molecule has 0 amide bonds. The van der Waals surface area contributed by atoms with E-state index in [1.54, 1.807) is 44.2 Å². The van der Waals surface area contributed by atoms with Crippen molar-refractivity contribution < 1.29 is 27.5 Å². The Hall–Kier alpha value is -1.89. The molecular formula is C16H20O6S. The fourth-order valence-electron chi connectivity index (χ4n) is 3.11. The van der Waals surface area contributed by atoms with Crippen molar-refractivity contribution in [3.05, 3.63) is 35.9 Å². The molecule has 23 heavy (non-hydrogen) atoms. The molecule has 0 radical (unpaired) electrons. The van der Waals surface area contributed by atoms with Gasteiger partial charge < -0.3 is 9.47 Å². The fourth-order valence-corrected chi connectivity index (χ4v) is 4.91. The number of benzene rings is 1. The largest absolute Gasteiger partial charge is 0.465 e. The molecule has 7 heteroatoms. The summed E-state index contributed by atoms with van der Waals surface area (Å²) < 4.78 is 34.4. The average Bonchev–Trinajstić information content (AvgIpc) is 3.20. The monoisotopic (exact) mass is 340 g/mol. The molecule has 1 aromatic rings. The van der Waals surface area contributed by atoms with Crippen LogP contribution in [0.4, 0.5) is 0 Å². The zero-order chi connectivity index (χ0) is 17.3. The Morgan fingerprint density at radius 2 is 1.52 bits per heavy atom. The summed E-state index contributed by atoms with van der Waals surface area (Å²) in [6, 6.07) is 8.63. The minimum atomic E-state index is -3.66. The van der Waals surface area contributed by atoms with Gasteiger partial charge in [0.05, 0.1) is 18.5 Å². The van der Waals surface area contributed by atoms with Crippen LogP contribution in [-0.4, -0.2) is 45.1 Å². The number of sulfone groups is 1. The molecule has 0 aliphatic heterocycles. The van der Waals surface area contributed by atoms with Crippen molar-refractivity contribution in [1.82, 2.24) is 0 Å². The third kappa shape index (κ3) is 2.85. The highest BCUT2D eigenvalue weighted by atomic mass is 32.2. The van der Waals surface area contributed by atoms with Crippen molar-refractivity contribution in [1.29, 1.82) is 0 Å². The molecule has 1 aliphatic carbocycles. The van der Waals surface area contributed by atoms with Crippen LogP contribution in [0, 0.1) is 5.41 Å². The van der Waals surface area contributed by atoms with Crippen LogP contribution < -0.4 is 0 Å². The molecule has 0 spiro atoms. The Labute approximate surface area is 135 Å². The molecule has 6 nitrogen and oxygen atoms in total. The summed E-state index contributed by atoms with van der Waals surface area (Å²) in [6.07, 6.45) is 1.02. The maximum absolute atomic E-state index is 12.5. The Morgan fingerprint density at radius 1 is 1.04 bits per heavy atom. The van der Waals surface area contributed by atoms with Crippen LogP contribution in [0.15, 0.2) is 30.3 Å². The van der Waals surface area contributed by atoms with Crippen LogP contribution >= 0.6 is 0 Å². The minimum absolute atomic E-state index is 0.0536. The van der Waals surface area contributed by atoms with Crippen LogP contribution in [0.3, 0.4) is 0 Å². The summed E-state index contributed by atoms with van der Waals surface area (Å²) in [4.78, 5) is 25.0. The summed E-state index contributed by atoms with van der Waals surface area (Å²) >= 11 is 0. The first-order chi connectivity index (χ1) is 10.8. The molecule has 1 aliphatic rings. The average molecular weight is 340 g/mol. The minimum Gasteiger partial charge on any atom is -0.465 e. The van der Waals surface area contributed by atoms with Crippen LogP contribution in [0.5, 0.6) is 0 Å². The molecule has 1 aromatic carbocycles. The third-order valence-corrected chi connectivity index (χ3v) is 5.55. The molecule has 2 rings (SSSR count). The van der Waals surface area contributed by atoms with Gasteiger partial charge in [-0.3, -0.25) is 9.59 Å². The van der Waals surface area contributed by atoms with E-state index in [1.807, 2.05) is 0 Å². The molecule has 1 fully saturated rings. The van der Waals surface area contributed by atoms with Crippen molar-refractivity contribution >= 4 is 21.8 Å². The Kier molecular flexibility index (Phi) is 4.79. The number of carbonyl (C=O) groups excluding carboxylic acids is 2. The van der Waals surface area contributed by atoms with E-state index in [0.29, 0.717) is 5.56 Å². The van der Waals surface area contributed by atoms with Crippen molar-refractivity contribution in [2.24, 2.45) is 5.41 Å². The highest BCUT2D eigenvalue weighted by Crippen LogP contribution is 2.64. The second-order valence-electron chi connectivity index (χ2n) is 5.45. The maximum atomic E-state index is 12.5. The molecule has 1 saturated carbocycles. The van der Waals surface area contributed by atoms with Gasteiger partial charge in [-0.2, -0.15) is 0 Å². The summed E-state index contributed by atoms with van der Waals surface area (Å²) in [5, 5.41) is -1.17. The van der Waals surface area contributed by atoms with E-state index in [2.05, 4.69) is 0 Å². The van der Waals surface area contributed by atoms with Gasteiger partial charge in [0.2, 0.25) is 0 Å². The van der Waals surface area contributed by atoms with Crippen LogP contribution in [0.1, 0.15) is 25.3 Å². The highest BCUT2D eigenvalue weighted by molar-refractivity contribution is 7.91. The van der Waals surface area contributed by atoms with E-state index < -0.39 is 38.4 Å². The van der Waals surface area contributed by atoms with Gasteiger partial charge in [0, 0.05) is 12.2 Å². The lowest BCUT2D eigenvalue weighted by Crippen LogP contribution is -2.35. The number of hydrogen-bond acceptors (Lipinski definition) is 6. The summed E-state index contributed by atoms with van der Waals surface area (Å²) in [5.74, 6) is -2.48. The van der Waals surface area contributed by atoms with E-state index in [1.165, 1.54) is 0 Å². The van der Waals surface area contributed by atoms with Gasteiger partial charge in [0.15, 0.2) is 15.3 Å². The van der Waals surface area contributed by atoms with Crippen molar-refractivity contribution in [2.45, 2.75) is 25.0 Å². The molecule has 0 saturated heterocycles. The van der Waals surface area contributed by atoms with Gasteiger partial charge in [-0.15, -0.1) is 0 Å². The molecule has 0 heterocycles. The van der Waals surface area contributed by atoms with E-state index in [-0.39, 0.29) is 13.2 Å². The first kappa shape index (κ1) is 17.5. The molecule has 0 unspecified atom stereocenters. The van der Waals surface area contributed by atoms with Gasteiger partial charge >= 0.3 is 11.9 Å². The normalized spacial score (nSPS) is 22.2. The summed E-state index contributed by atoms with van der Waals surface area (Å²) in [7, 11) is -3.66. The molecule has 0 aromatic heterocycles. The van der Waals surface area contributed by atoms with E-state index in [4.69, 9.17) is 9.47 Å². The predicted octanol–water partition coefficient (Wildman–Crippen LogP) is 1.31. The molecule has 126 valence electrons. The van der Waals surface area contributed by atoms with E-state index in [9.17, 15) is 18.0 Å². The lowest BCUT2D eigenvalue weighted by Gasteiger charge is -2.15. The van der Waals surface area contributed by atoms with Crippen LogP contribution in [-0.2, 0) is 28.9 Å². The van der Waals surface area contributed by atoms with Gasteiger partial charge in [-0.05, 0) is 19.4 Å².